The van der Waals surface area contributed by atoms with Gasteiger partial charge in [0.15, 0.2) is 0 Å². The fraction of sp³-hybridized carbons (Fsp3) is 0.357. The highest BCUT2D eigenvalue weighted by Gasteiger charge is 2.21. The highest BCUT2D eigenvalue weighted by molar-refractivity contribution is 9.10. The number of nitrogens with zero attached hydrogens (tertiary/aromatic N) is 2. The second-order valence-electron chi connectivity index (χ2n) is 4.71. The fourth-order valence-corrected chi connectivity index (χ4v) is 2.95. The van der Waals surface area contributed by atoms with Crippen LogP contribution in [-0.2, 0) is 13.1 Å². The number of rotatable bonds is 3. The van der Waals surface area contributed by atoms with Crippen LogP contribution in [0.2, 0.25) is 0 Å². The number of fused-ring (bicyclic) bond motifs is 1. The number of nitrogens with two attached hydrogens (primary N) is 1. The van der Waals surface area contributed by atoms with E-state index >= 15 is 0 Å². The number of methoxy groups -OCH3 is 1. The van der Waals surface area contributed by atoms with E-state index < -0.39 is 0 Å². The molecule has 0 atom stereocenters. The average Bonchev–Trinajstić information content (AvgIpc) is 2.85. The molecular formula is C14H17BrN4O. The van der Waals surface area contributed by atoms with E-state index in [-0.39, 0.29) is 0 Å². The van der Waals surface area contributed by atoms with Crippen molar-refractivity contribution in [2.75, 3.05) is 19.0 Å². The van der Waals surface area contributed by atoms with Crippen molar-refractivity contribution < 1.29 is 4.74 Å². The van der Waals surface area contributed by atoms with E-state index in [0.717, 1.165) is 52.6 Å². The van der Waals surface area contributed by atoms with Crippen LogP contribution >= 0.6 is 15.9 Å². The van der Waals surface area contributed by atoms with Crippen molar-refractivity contribution >= 4 is 21.9 Å². The molecule has 2 heterocycles. The Bertz CT molecular complexity index is 638. The molecule has 0 saturated carbocycles. The van der Waals surface area contributed by atoms with Crippen LogP contribution in [-0.4, -0.2) is 23.2 Å². The maximum absolute atomic E-state index is 5.94. The number of aromatic nitrogens is 2. The van der Waals surface area contributed by atoms with Gasteiger partial charge in [0, 0.05) is 29.7 Å². The van der Waals surface area contributed by atoms with Gasteiger partial charge in [0.1, 0.15) is 5.75 Å². The van der Waals surface area contributed by atoms with Gasteiger partial charge in [-0.2, -0.15) is 0 Å². The number of halogens is 1. The van der Waals surface area contributed by atoms with Crippen LogP contribution in [0.5, 0.6) is 5.75 Å². The van der Waals surface area contributed by atoms with Crippen LogP contribution in [0.15, 0.2) is 22.7 Å². The first-order valence-corrected chi connectivity index (χ1v) is 7.41. The topological polar surface area (TPSA) is 65.1 Å². The summed E-state index contributed by atoms with van der Waals surface area (Å²) in [6, 6.07) is 5.91. The van der Waals surface area contributed by atoms with Gasteiger partial charge in [0.05, 0.1) is 18.5 Å². The normalized spacial score (nSPS) is 13.8. The molecule has 2 aromatic rings. The minimum atomic E-state index is 0.458. The van der Waals surface area contributed by atoms with E-state index in [0.29, 0.717) is 6.54 Å². The van der Waals surface area contributed by atoms with Crippen molar-refractivity contribution in [3.05, 3.63) is 28.4 Å². The first kappa shape index (κ1) is 13.5. The van der Waals surface area contributed by atoms with Gasteiger partial charge < -0.3 is 20.4 Å². The van der Waals surface area contributed by atoms with Gasteiger partial charge in [-0.25, -0.2) is 4.98 Å². The van der Waals surface area contributed by atoms with Gasteiger partial charge in [-0.15, -0.1) is 0 Å². The Kier molecular flexibility index (Phi) is 3.67. The molecule has 0 bridgehead atoms. The molecule has 0 fully saturated rings. The van der Waals surface area contributed by atoms with Gasteiger partial charge in [-0.1, -0.05) is 15.9 Å². The van der Waals surface area contributed by atoms with Gasteiger partial charge in [0.2, 0.25) is 5.95 Å². The fourth-order valence-electron chi connectivity index (χ4n) is 2.59. The molecule has 0 unspecified atom stereocenters. The third kappa shape index (κ3) is 2.19. The first-order valence-electron chi connectivity index (χ1n) is 6.62. The molecule has 1 aliphatic heterocycles. The van der Waals surface area contributed by atoms with Gasteiger partial charge in [0.25, 0.3) is 0 Å². The Hall–Kier alpha value is -1.53. The number of ether oxygens (including phenoxy) is 1. The standard InChI is InChI=1S/C14H17BrN4O/c1-20-12-4-3-9(15)7-10(12)13-11(8-16)19-6-2-5-17-14(19)18-13/h3-4,7H,2,5-6,8,16H2,1H3,(H,17,18). The zero-order chi connectivity index (χ0) is 14.1. The molecule has 1 aromatic carbocycles. The maximum Gasteiger partial charge on any atom is 0.203 e. The first-order chi connectivity index (χ1) is 9.74. The van der Waals surface area contributed by atoms with Gasteiger partial charge in [-0.05, 0) is 24.6 Å². The lowest BCUT2D eigenvalue weighted by atomic mass is 10.1. The summed E-state index contributed by atoms with van der Waals surface area (Å²) in [6.07, 6.45) is 1.09. The van der Waals surface area contributed by atoms with Crippen molar-refractivity contribution in [3.8, 4) is 17.0 Å². The van der Waals surface area contributed by atoms with Crippen LogP contribution in [0.3, 0.4) is 0 Å². The SMILES string of the molecule is COc1ccc(Br)cc1-c1nc2n(c1CN)CCCN2. The quantitative estimate of drug-likeness (QED) is 0.904. The second kappa shape index (κ2) is 5.46. The largest absolute Gasteiger partial charge is 0.496 e. The van der Waals surface area contributed by atoms with E-state index in [1.54, 1.807) is 7.11 Å². The molecule has 0 aliphatic carbocycles. The van der Waals surface area contributed by atoms with Crippen molar-refractivity contribution in [2.45, 2.75) is 19.5 Å². The second-order valence-corrected chi connectivity index (χ2v) is 5.63. The predicted molar refractivity (Wildman–Crippen MR) is 82.9 cm³/mol. The van der Waals surface area contributed by atoms with E-state index in [1.165, 1.54) is 0 Å². The molecule has 20 heavy (non-hydrogen) atoms. The average molecular weight is 337 g/mol. The zero-order valence-electron chi connectivity index (χ0n) is 11.3. The Labute approximate surface area is 126 Å². The summed E-state index contributed by atoms with van der Waals surface area (Å²) in [5.41, 5.74) is 8.85. The number of anilines is 1. The van der Waals surface area contributed by atoms with Crippen molar-refractivity contribution in [1.29, 1.82) is 0 Å². The minimum Gasteiger partial charge on any atom is -0.496 e. The molecule has 0 spiro atoms. The number of hydrogen-bond acceptors (Lipinski definition) is 4. The van der Waals surface area contributed by atoms with Crippen molar-refractivity contribution in [1.82, 2.24) is 9.55 Å². The molecule has 5 nitrogen and oxygen atoms in total. The third-order valence-electron chi connectivity index (χ3n) is 3.52. The molecule has 6 heteroatoms. The highest BCUT2D eigenvalue weighted by Crippen LogP contribution is 2.36. The molecule has 3 rings (SSSR count). The summed E-state index contributed by atoms with van der Waals surface area (Å²) in [6.45, 7) is 2.37. The number of benzene rings is 1. The minimum absolute atomic E-state index is 0.458. The van der Waals surface area contributed by atoms with Crippen LogP contribution in [0.25, 0.3) is 11.3 Å². The molecule has 1 aliphatic rings. The molecule has 0 saturated heterocycles. The lowest BCUT2D eigenvalue weighted by Gasteiger charge is -2.17. The summed E-state index contributed by atoms with van der Waals surface area (Å²) in [5, 5.41) is 3.32. The number of hydrogen-bond donors (Lipinski definition) is 2. The van der Waals surface area contributed by atoms with E-state index in [1.807, 2.05) is 18.2 Å². The van der Waals surface area contributed by atoms with Crippen LogP contribution in [0.4, 0.5) is 5.95 Å². The summed E-state index contributed by atoms with van der Waals surface area (Å²) >= 11 is 3.50. The van der Waals surface area contributed by atoms with E-state index in [4.69, 9.17) is 15.5 Å². The number of imidazole rings is 1. The Morgan fingerprint density at radius 3 is 3.10 bits per heavy atom. The lowest BCUT2D eigenvalue weighted by molar-refractivity contribution is 0.416. The number of nitrogens with one attached hydrogen (secondary N) is 1. The molecule has 3 N–H and O–H groups in total. The lowest BCUT2D eigenvalue weighted by Crippen LogP contribution is -2.19. The Balaban J connectivity index is 2.19. The van der Waals surface area contributed by atoms with Crippen molar-refractivity contribution in [3.63, 3.8) is 0 Å². The molecule has 106 valence electrons. The molecule has 0 radical (unpaired) electrons. The predicted octanol–water partition coefficient (Wildman–Crippen LogP) is 2.60. The smallest absolute Gasteiger partial charge is 0.203 e. The summed E-state index contributed by atoms with van der Waals surface area (Å²) in [7, 11) is 1.67. The molecule has 0 amide bonds. The third-order valence-corrected chi connectivity index (χ3v) is 4.02. The molecule has 1 aromatic heterocycles. The van der Waals surface area contributed by atoms with Gasteiger partial charge >= 0.3 is 0 Å². The Morgan fingerprint density at radius 1 is 1.50 bits per heavy atom. The van der Waals surface area contributed by atoms with Crippen LogP contribution in [0, 0.1) is 0 Å². The monoisotopic (exact) mass is 336 g/mol. The van der Waals surface area contributed by atoms with Crippen molar-refractivity contribution in [2.24, 2.45) is 5.73 Å². The van der Waals surface area contributed by atoms with Crippen LogP contribution in [0.1, 0.15) is 12.1 Å². The van der Waals surface area contributed by atoms with Crippen LogP contribution < -0.4 is 15.8 Å². The summed E-state index contributed by atoms with van der Waals surface area (Å²) in [5.74, 6) is 1.70. The summed E-state index contributed by atoms with van der Waals surface area (Å²) < 4.78 is 8.62. The van der Waals surface area contributed by atoms with E-state index in [2.05, 4.69) is 25.8 Å². The Morgan fingerprint density at radius 2 is 2.35 bits per heavy atom. The summed E-state index contributed by atoms with van der Waals surface area (Å²) in [4.78, 5) is 4.71. The highest BCUT2D eigenvalue weighted by atomic mass is 79.9. The van der Waals surface area contributed by atoms with Gasteiger partial charge in [-0.3, -0.25) is 0 Å². The van der Waals surface area contributed by atoms with E-state index in [9.17, 15) is 0 Å². The molecular weight excluding hydrogens is 320 g/mol. The zero-order valence-corrected chi connectivity index (χ0v) is 12.9. The maximum atomic E-state index is 5.94.